The minimum Gasteiger partial charge on any atom is -0.539 e. The topological polar surface area (TPSA) is 113 Å². The van der Waals surface area contributed by atoms with E-state index in [2.05, 4.69) is 17.2 Å². The highest BCUT2D eigenvalue weighted by Crippen LogP contribution is 2.17. The van der Waals surface area contributed by atoms with E-state index in [-0.39, 0.29) is 0 Å². The lowest BCUT2D eigenvalue weighted by atomic mass is 9.95. The second kappa shape index (κ2) is 11.7. The van der Waals surface area contributed by atoms with Crippen molar-refractivity contribution in [2.45, 2.75) is 83.2 Å². The molecule has 0 aromatic heterocycles. The van der Waals surface area contributed by atoms with Crippen LogP contribution in [0.1, 0.15) is 71.1 Å². The van der Waals surface area contributed by atoms with Crippen LogP contribution in [0.3, 0.4) is 0 Å². The molecule has 138 valence electrons. The van der Waals surface area contributed by atoms with Crippen molar-refractivity contribution >= 4 is 18.0 Å². The lowest BCUT2D eigenvalue weighted by Crippen LogP contribution is -2.83. The maximum Gasteiger partial charge on any atom is 0.442 e. The molecule has 0 aromatic rings. The molecule has 0 radical (unpaired) electrons. The van der Waals surface area contributed by atoms with Gasteiger partial charge in [-0.1, -0.05) is 12.8 Å². The molecule has 7 nitrogen and oxygen atoms in total. The molecule has 0 bridgehead atoms. The van der Waals surface area contributed by atoms with Gasteiger partial charge in [-0.05, 0) is 58.3 Å². The Morgan fingerprint density at radius 3 is 2.04 bits per heavy atom. The van der Waals surface area contributed by atoms with Crippen molar-refractivity contribution in [3.8, 4) is 0 Å². The number of carbonyl (C=O) groups excluding carboxylic acids is 1. The summed E-state index contributed by atoms with van der Waals surface area (Å²) in [7, 11) is 0. The number of aliphatic carboxylic acids is 2. The molecule has 3 N–H and O–H groups in total. The van der Waals surface area contributed by atoms with E-state index in [1.807, 2.05) is 0 Å². The molecule has 0 unspecified atom stereocenters. The minimum absolute atomic E-state index is 0.622. The van der Waals surface area contributed by atoms with Crippen molar-refractivity contribution in [3.05, 3.63) is 0 Å². The lowest BCUT2D eigenvalue weighted by Gasteiger charge is -2.21. The Morgan fingerprint density at radius 1 is 1.08 bits per heavy atom. The van der Waals surface area contributed by atoms with Crippen LogP contribution in [0.5, 0.6) is 0 Å². The van der Waals surface area contributed by atoms with E-state index in [0.717, 1.165) is 12.6 Å². The summed E-state index contributed by atoms with van der Waals surface area (Å²) in [4.78, 5) is 21.6. The molecule has 0 saturated heterocycles. The summed E-state index contributed by atoms with van der Waals surface area (Å²) in [5.41, 5.74) is 0. The molecular weight excluding hydrogens is 312 g/mol. The summed E-state index contributed by atoms with van der Waals surface area (Å²) in [5, 5.41) is 19.9. The third-order valence-electron chi connectivity index (χ3n) is 4.34. The molecular formula is C17H30N2O5. The van der Waals surface area contributed by atoms with Gasteiger partial charge in [-0.15, -0.1) is 0 Å². The number of nitrogens with one attached hydrogen (secondary N) is 2. The van der Waals surface area contributed by atoms with Crippen molar-refractivity contribution in [2.75, 3.05) is 6.61 Å². The maximum absolute atomic E-state index is 9.04. The predicted octanol–water partition coefficient (Wildman–Crippen LogP) is -0.465. The third kappa shape index (κ3) is 8.74. The SMILES string of the molecule is CCOC(NC1CCCCC1)=[NH+]C1CCCCC1.O=C([O-])C(=O)O. The van der Waals surface area contributed by atoms with Gasteiger partial charge in [-0.25, -0.2) is 15.1 Å². The Labute approximate surface area is 143 Å². The molecule has 2 fully saturated rings. The number of rotatable bonds is 3. The maximum atomic E-state index is 9.04. The highest BCUT2D eigenvalue weighted by atomic mass is 16.5. The van der Waals surface area contributed by atoms with Crippen molar-refractivity contribution in [3.63, 3.8) is 0 Å². The van der Waals surface area contributed by atoms with Crippen LogP contribution in [0, 0.1) is 0 Å². The Kier molecular flexibility index (Phi) is 9.88. The van der Waals surface area contributed by atoms with Crippen LogP contribution in [-0.2, 0) is 14.3 Å². The van der Waals surface area contributed by atoms with Gasteiger partial charge in [0, 0.05) is 0 Å². The fourth-order valence-corrected chi connectivity index (χ4v) is 3.13. The summed E-state index contributed by atoms with van der Waals surface area (Å²) < 4.78 is 5.74. The molecule has 2 rings (SSSR count). The number of amidine groups is 1. The standard InChI is InChI=1S/C15H28N2O.C2H2O4/c1-2-18-15(16-13-9-5-3-6-10-13)17-14-11-7-4-8-12-14;3-1(4)2(5)6/h13-14H,2-12H2,1H3,(H,16,17);(H,3,4)(H,5,6). The molecule has 0 heterocycles. The highest BCUT2D eigenvalue weighted by molar-refractivity contribution is 6.26. The molecule has 0 amide bonds. The molecule has 24 heavy (non-hydrogen) atoms. The van der Waals surface area contributed by atoms with Crippen molar-refractivity contribution in [1.29, 1.82) is 0 Å². The van der Waals surface area contributed by atoms with E-state index >= 15 is 0 Å². The van der Waals surface area contributed by atoms with Gasteiger partial charge in [0.2, 0.25) is 0 Å². The van der Waals surface area contributed by atoms with Crippen LogP contribution in [-0.4, -0.2) is 41.8 Å². The van der Waals surface area contributed by atoms with E-state index in [0.29, 0.717) is 12.1 Å². The highest BCUT2D eigenvalue weighted by Gasteiger charge is 2.22. The number of ether oxygens (including phenoxy) is 1. The number of carboxylic acids is 2. The minimum atomic E-state index is -2.07. The molecule has 2 aliphatic rings. The van der Waals surface area contributed by atoms with E-state index < -0.39 is 11.9 Å². The Morgan fingerprint density at radius 2 is 1.58 bits per heavy atom. The molecule has 0 spiro atoms. The van der Waals surface area contributed by atoms with Gasteiger partial charge in [-0.2, -0.15) is 0 Å². The smallest absolute Gasteiger partial charge is 0.442 e. The molecule has 0 aliphatic heterocycles. The van der Waals surface area contributed by atoms with Crippen LogP contribution in [0.15, 0.2) is 0 Å². The Bertz CT molecular complexity index is 401. The number of hydrogen-bond donors (Lipinski definition) is 3. The normalized spacial score (nSPS) is 19.8. The van der Waals surface area contributed by atoms with E-state index in [1.165, 1.54) is 64.2 Å². The quantitative estimate of drug-likeness (QED) is 0.363. The molecule has 2 aliphatic carbocycles. The van der Waals surface area contributed by atoms with Crippen LogP contribution in [0.2, 0.25) is 0 Å². The van der Waals surface area contributed by atoms with Gasteiger partial charge in [-0.3, -0.25) is 0 Å². The summed E-state index contributed by atoms with van der Waals surface area (Å²) in [5.74, 6) is -4.01. The van der Waals surface area contributed by atoms with Crippen molar-refractivity contribution in [1.82, 2.24) is 5.32 Å². The van der Waals surface area contributed by atoms with Crippen molar-refractivity contribution in [2.24, 2.45) is 0 Å². The third-order valence-corrected chi connectivity index (χ3v) is 4.34. The van der Waals surface area contributed by atoms with Gasteiger partial charge < -0.3 is 19.7 Å². The molecule has 7 heteroatoms. The lowest BCUT2D eigenvalue weighted by molar-refractivity contribution is -0.519. The van der Waals surface area contributed by atoms with Gasteiger partial charge >= 0.3 is 12.0 Å². The fraction of sp³-hybridized carbons (Fsp3) is 0.824. The second-order valence-electron chi connectivity index (χ2n) is 6.31. The Hall–Kier alpha value is -1.79. The average molecular weight is 342 g/mol. The molecule has 0 atom stereocenters. The zero-order valence-electron chi connectivity index (χ0n) is 14.5. The fourth-order valence-electron chi connectivity index (χ4n) is 3.13. The van der Waals surface area contributed by atoms with Crippen molar-refractivity contribution < 1.29 is 29.5 Å². The van der Waals surface area contributed by atoms with Gasteiger partial charge in [0.15, 0.2) is 5.97 Å². The summed E-state index contributed by atoms with van der Waals surface area (Å²) >= 11 is 0. The zero-order valence-corrected chi connectivity index (χ0v) is 14.5. The zero-order chi connectivity index (χ0) is 17.8. The van der Waals surface area contributed by atoms with E-state index in [4.69, 9.17) is 24.5 Å². The van der Waals surface area contributed by atoms with Gasteiger partial charge in [0.1, 0.15) is 0 Å². The monoisotopic (exact) mass is 342 g/mol. The second-order valence-corrected chi connectivity index (χ2v) is 6.31. The average Bonchev–Trinajstić information content (AvgIpc) is 2.57. The number of carbonyl (C=O) groups is 2. The summed E-state index contributed by atoms with van der Waals surface area (Å²) in [6, 6.07) is 2.18. The first-order valence-electron chi connectivity index (χ1n) is 9.00. The first-order valence-corrected chi connectivity index (χ1v) is 9.00. The summed E-state index contributed by atoms with van der Waals surface area (Å²) in [6.07, 6.45) is 13.4. The van der Waals surface area contributed by atoms with E-state index in [1.54, 1.807) is 0 Å². The van der Waals surface area contributed by atoms with Crippen LogP contribution < -0.4 is 15.4 Å². The van der Waals surface area contributed by atoms with Gasteiger partial charge in [0.05, 0.1) is 18.7 Å². The van der Waals surface area contributed by atoms with E-state index in [9.17, 15) is 0 Å². The van der Waals surface area contributed by atoms with Gasteiger partial charge in [0.25, 0.3) is 0 Å². The van der Waals surface area contributed by atoms with Crippen LogP contribution in [0.4, 0.5) is 0 Å². The first kappa shape index (κ1) is 20.3. The number of hydrogen-bond acceptors (Lipinski definition) is 4. The number of carboxylic acid groups (broad SMARTS) is 2. The van der Waals surface area contributed by atoms with Crippen LogP contribution >= 0.6 is 0 Å². The molecule has 0 aromatic carbocycles. The first-order chi connectivity index (χ1) is 11.5. The predicted molar refractivity (Wildman–Crippen MR) is 87.1 cm³/mol. The largest absolute Gasteiger partial charge is 0.539 e. The summed E-state index contributed by atoms with van der Waals surface area (Å²) in [6.45, 7) is 2.81. The molecule has 2 saturated carbocycles. The van der Waals surface area contributed by atoms with Crippen LogP contribution in [0.25, 0.3) is 0 Å². The Balaban J connectivity index is 0.000000413.